The molecule has 3 N–H and O–H groups in total. The average molecular weight is 267 g/mol. The molecule has 0 unspecified atom stereocenters. The molecule has 0 aliphatic carbocycles. The van der Waals surface area contributed by atoms with Crippen LogP contribution in [0.4, 0.5) is 0 Å². The van der Waals surface area contributed by atoms with Crippen molar-refractivity contribution in [2.45, 2.75) is 0 Å². The third kappa shape index (κ3) is 3.52. The molecule has 0 atom stereocenters. The van der Waals surface area contributed by atoms with Crippen molar-refractivity contribution in [3.05, 3.63) is 76.8 Å². The van der Waals surface area contributed by atoms with Crippen LogP contribution in [0.5, 0.6) is 0 Å². The second kappa shape index (κ2) is 6.29. The lowest BCUT2D eigenvalue weighted by Crippen LogP contribution is -2.09. The van der Waals surface area contributed by atoms with Crippen molar-refractivity contribution >= 4 is 16.8 Å². The van der Waals surface area contributed by atoms with E-state index in [-0.39, 0.29) is 11.6 Å². The summed E-state index contributed by atoms with van der Waals surface area (Å²) in [6, 6.07) is 16.3. The standard InChI is InChI=1S/C8H6N2O.C7H7NO/c11-8-9-5-6-3-1-2-4-7(6)10-8;8-7(9)6-4-2-1-3-5-6/h1-5H,(H,9,10,11);1-5H,(H2,8,9). The third-order valence-corrected chi connectivity index (χ3v) is 2.58. The minimum absolute atomic E-state index is 0.302. The maximum Gasteiger partial charge on any atom is 0.345 e. The van der Waals surface area contributed by atoms with Gasteiger partial charge in [-0.15, -0.1) is 0 Å². The highest BCUT2D eigenvalue weighted by molar-refractivity contribution is 5.92. The molecule has 100 valence electrons. The van der Waals surface area contributed by atoms with Crippen LogP contribution in [0, 0.1) is 0 Å². The Hall–Kier alpha value is -2.95. The van der Waals surface area contributed by atoms with Gasteiger partial charge in [0.05, 0.1) is 5.52 Å². The zero-order valence-corrected chi connectivity index (χ0v) is 10.6. The summed E-state index contributed by atoms with van der Waals surface area (Å²) in [5.41, 5.74) is 6.05. The summed E-state index contributed by atoms with van der Waals surface area (Å²) >= 11 is 0. The number of rotatable bonds is 1. The number of amides is 1. The highest BCUT2D eigenvalue weighted by Crippen LogP contribution is 2.05. The smallest absolute Gasteiger partial charge is 0.345 e. The lowest BCUT2D eigenvalue weighted by Gasteiger charge is -1.92. The van der Waals surface area contributed by atoms with E-state index in [9.17, 15) is 9.59 Å². The van der Waals surface area contributed by atoms with Crippen LogP contribution in [0.25, 0.3) is 10.9 Å². The van der Waals surface area contributed by atoms with E-state index in [0.29, 0.717) is 5.56 Å². The van der Waals surface area contributed by atoms with Gasteiger partial charge < -0.3 is 10.7 Å². The largest absolute Gasteiger partial charge is 0.366 e. The number of aromatic amines is 1. The summed E-state index contributed by atoms with van der Waals surface area (Å²) in [7, 11) is 0. The number of fused-ring (bicyclic) bond motifs is 1. The quantitative estimate of drug-likeness (QED) is 0.703. The van der Waals surface area contributed by atoms with Crippen LogP contribution in [0.2, 0.25) is 0 Å². The van der Waals surface area contributed by atoms with Gasteiger partial charge in [-0.3, -0.25) is 4.79 Å². The first kappa shape index (κ1) is 13.5. The van der Waals surface area contributed by atoms with Gasteiger partial charge in [-0.25, -0.2) is 9.78 Å². The number of carbonyl (C=O) groups excluding carboxylic acids is 1. The number of aromatic nitrogens is 2. The number of nitrogens with one attached hydrogen (secondary N) is 1. The number of nitrogens with two attached hydrogens (primary N) is 1. The van der Waals surface area contributed by atoms with Crippen LogP contribution in [0.3, 0.4) is 0 Å². The van der Waals surface area contributed by atoms with Crippen molar-refractivity contribution in [2.24, 2.45) is 5.73 Å². The molecule has 1 heterocycles. The summed E-state index contributed by atoms with van der Waals surface area (Å²) in [6.07, 6.45) is 1.56. The number of primary amides is 1. The van der Waals surface area contributed by atoms with E-state index in [2.05, 4.69) is 9.97 Å². The number of hydrogen-bond acceptors (Lipinski definition) is 3. The van der Waals surface area contributed by atoms with Crippen molar-refractivity contribution in [2.75, 3.05) is 0 Å². The van der Waals surface area contributed by atoms with Crippen molar-refractivity contribution in [3.63, 3.8) is 0 Å². The summed E-state index contributed by atoms with van der Waals surface area (Å²) in [4.78, 5) is 27.4. The molecule has 0 spiro atoms. The molecule has 0 saturated carbocycles. The summed E-state index contributed by atoms with van der Waals surface area (Å²) < 4.78 is 0. The van der Waals surface area contributed by atoms with Gasteiger partial charge in [-0.05, 0) is 18.2 Å². The number of hydrogen-bond donors (Lipinski definition) is 2. The van der Waals surface area contributed by atoms with Crippen LogP contribution < -0.4 is 11.4 Å². The van der Waals surface area contributed by atoms with Crippen molar-refractivity contribution in [1.82, 2.24) is 9.97 Å². The first-order chi connectivity index (χ1) is 9.66. The summed E-state index contributed by atoms with van der Waals surface area (Å²) in [6.45, 7) is 0. The predicted molar refractivity (Wildman–Crippen MR) is 77.3 cm³/mol. The lowest BCUT2D eigenvalue weighted by molar-refractivity contribution is 0.100. The molecule has 3 aromatic rings. The van der Waals surface area contributed by atoms with Crippen molar-refractivity contribution in [3.8, 4) is 0 Å². The average Bonchev–Trinajstić information content (AvgIpc) is 2.48. The molecule has 0 saturated heterocycles. The number of para-hydroxylation sites is 1. The Morgan fingerprint density at radius 3 is 2.30 bits per heavy atom. The van der Waals surface area contributed by atoms with Gasteiger partial charge in [0.1, 0.15) is 0 Å². The maximum atomic E-state index is 10.7. The molecule has 0 bridgehead atoms. The molecule has 0 fully saturated rings. The third-order valence-electron chi connectivity index (χ3n) is 2.58. The minimum Gasteiger partial charge on any atom is -0.366 e. The van der Waals surface area contributed by atoms with E-state index in [0.717, 1.165) is 10.9 Å². The van der Waals surface area contributed by atoms with E-state index >= 15 is 0 Å². The second-order valence-corrected chi connectivity index (χ2v) is 4.01. The molecule has 5 nitrogen and oxygen atoms in total. The van der Waals surface area contributed by atoms with Gasteiger partial charge in [0, 0.05) is 17.1 Å². The summed E-state index contributed by atoms with van der Waals surface area (Å²) in [5.74, 6) is -0.379. The van der Waals surface area contributed by atoms with E-state index < -0.39 is 0 Å². The SMILES string of the molecule is NC(=O)c1ccccc1.O=c1ncc2ccccc2[nH]1. The molecule has 1 amide bonds. The number of benzene rings is 2. The van der Waals surface area contributed by atoms with Gasteiger partial charge >= 0.3 is 5.69 Å². The van der Waals surface area contributed by atoms with Crippen molar-refractivity contribution in [1.29, 1.82) is 0 Å². The normalized spacial score (nSPS) is 9.60. The Labute approximate surface area is 115 Å². The van der Waals surface area contributed by atoms with E-state index in [1.54, 1.807) is 30.5 Å². The van der Waals surface area contributed by atoms with Gasteiger partial charge in [0.15, 0.2) is 0 Å². The zero-order chi connectivity index (χ0) is 14.4. The Kier molecular flexibility index (Phi) is 4.24. The molecule has 0 aliphatic rings. The number of H-pyrrole nitrogens is 1. The Balaban J connectivity index is 0.000000151. The maximum absolute atomic E-state index is 10.7. The topological polar surface area (TPSA) is 88.8 Å². The van der Waals surface area contributed by atoms with Crippen LogP contribution in [0.15, 0.2) is 65.6 Å². The lowest BCUT2D eigenvalue weighted by atomic mass is 10.2. The molecular formula is C15H13N3O2. The highest BCUT2D eigenvalue weighted by Gasteiger charge is 1.93. The van der Waals surface area contributed by atoms with Crippen LogP contribution in [0.1, 0.15) is 10.4 Å². The fourth-order valence-corrected chi connectivity index (χ4v) is 1.60. The number of nitrogens with zero attached hydrogens (tertiary/aromatic N) is 1. The fourth-order valence-electron chi connectivity index (χ4n) is 1.60. The van der Waals surface area contributed by atoms with E-state index in [1.165, 1.54) is 0 Å². The Morgan fingerprint density at radius 1 is 1.00 bits per heavy atom. The molecule has 0 radical (unpaired) electrons. The first-order valence-electron chi connectivity index (χ1n) is 5.96. The zero-order valence-electron chi connectivity index (χ0n) is 10.6. The van der Waals surface area contributed by atoms with Crippen LogP contribution in [-0.2, 0) is 0 Å². The molecule has 2 aromatic carbocycles. The first-order valence-corrected chi connectivity index (χ1v) is 5.96. The molecule has 20 heavy (non-hydrogen) atoms. The molecule has 3 rings (SSSR count). The Morgan fingerprint density at radius 2 is 1.65 bits per heavy atom. The van der Waals surface area contributed by atoms with Crippen molar-refractivity contribution < 1.29 is 4.79 Å². The highest BCUT2D eigenvalue weighted by atomic mass is 16.1. The van der Waals surface area contributed by atoms with Crippen LogP contribution >= 0.6 is 0 Å². The fraction of sp³-hybridized carbons (Fsp3) is 0. The van der Waals surface area contributed by atoms with Gasteiger partial charge in [-0.2, -0.15) is 0 Å². The molecule has 5 heteroatoms. The summed E-state index contributed by atoms with van der Waals surface area (Å²) in [5, 5.41) is 0.951. The van der Waals surface area contributed by atoms with Gasteiger partial charge in [-0.1, -0.05) is 36.4 Å². The van der Waals surface area contributed by atoms with E-state index in [1.807, 2.05) is 30.3 Å². The van der Waals surface area contributed by atoms with Gasteiger partial charge in [0.25, 0.3) is 0 Å². The molecule has 0 aliphatic heterocycles. The minimum atomic E-state index is -0.379. The monoisotopic (exact) mass is 267 g/mol. The molecular weight excluding hydrogens is 254 g/mol. The number of carbonyl (C=O) groups is 1. The molecule has 1 aromatic heterocycles. The van der Waals surface area contributed by atoms with Crippen LogP contribution in [-0.4, -0.2) is 15.9 Å². The Bertz CT molecular complexity index is 766. The van der Waals surface area contributed by atoms with Gasteiger partial charge in [0.2, 0.25) is 5.91 Å². The second-order valence-electron chi connectivity index (χ2n) is 4.01. The van der Waals surface area contributed by atoms with E-state index in [4.69, 9.17) is 5.73 Å². The predicted octanol–water partition coefficient (Wildman–Crippen LogP) is 1.71.